The van der Waals surface area contributed by atoms with E-state index in [2.05, 4.69) is 70.1 Å². The van der Waals surface area contributed by atoms with Crippen molar-refractivity contribution >= 4 is 11.9 Å². The number of morpholine rings is 1. The summed E-state index contributed by atoms with van der Waals surface area (Å²) >= 11 is 0. The second-order valence-electron chi connectivity index (χ2n) is 23.8. The first kappa shape index (κ1) is 60.6. The smallest absolute Gasteiger partial charge is 0.306 e. The molecule has 5 atom stereocenters. The number of carbonyl (C=O) groups is 2. The van der Waals surface area contributed by atoms with Crippen LogP contribution in [0.15, 0.2) is 35.5 Å². The lowest BCUT2D eigenvalue weighted by Gasteiger charge is -2.44. The first-order valence-electron chi connectivity index (χ1n) is 30.5. The first-order chi connectivity index (χ1) is 34.0. The zero-order chi connectivity index (χ0) is 50.2. The van der Waals surface area contributed by atoms with Gasteiger partial charge in [0.25, 0.3) is 0 Å². The van der Waals surface area contributed by atoms with Crippen LogP contribution in [-0.4, -0.2) is 86.4 Å². The van der Waals surface area contributed by atoms with Gasteiger partial charge in [0.05, 0.1) is 13.2 Å². The van der Waals surface area contributed by atoms with E-state index in [1.165, 1.54) is 140 Å². The zero-order valence-electron chi connectivity index (χ0n) is 47.0. The summed E-state index contributed by atoms with van der Waals surface area (Å²) in [6.45, 7) is 26.9. The molecular weight excluding hydrogens is 865 g/mol. The second kappa shape index (κ2) is 36.1. The molecule has 1 aliphatic heterocycles. The fourth-order valence-electron chi connectivity index (χ4n) is 13.0. The Morgan fingerprint density at radius 2 is 1.33 bits per heavy atom. The number of esters is 2. The molecule has 0 spiro atoms. The van der Waals surface area contributed by atoms with Crippen LogP contribution in [0.25, 0.3) is 0 Å². The number of hydrogen-bond donors (Lipinski definition) is 0. The van der Waals surface area contributed by atoms with Crippen molar-refractivity contribution in [1.82, 2.24) is 9.80 Å². The van der Waals surface area contributed by atoms with Gasteiger partial charge in [-0.1, -0.05) is 174 Å². The molecule has 0 aromatic rings. The van der Waals surface area contributed by atoms with Gasteiger partial charge in [-0.3, -0.25) is 14.5 Å². The topological polar surface area (TPSA) is 68.3 Å². The van der Waals surface area contributed by atoms with E-state index < -0.39 is 0 Å². The molecule has 404 valence electrons. The fraction of sp³-hybridized carbons (Fsp3) is 0.873. The highest BCUT2D eigenvalue weighted by molar-refractivity contribution is 5.70. The zero-order valence-corrected chi connectivity index (χ0v) is 47.0. The fourth-order valence-corrected chi connectivity index (χ4v) is 13.0. The van der Waals surface area contributed by atoms with Gasteiger partial charge in [0.2, 0.25) is 0 Å². The predicted molar refractivity (Wildman–Crippen MR) is 296 cm³/mol. The van der Waals surface area contributed by atoms with Crippen LogP contribution in [0.2, 0.25) is 0 Å². The first-order valence-corrected chi connectivity index (χ1v) is 30.5. The Balaban J connectivity index is 1.14. The summed E-state index contributed by atoms with van der Waals surface area (Å²) in [4.78, 5) is 31.4. The maximum Gasteiger partial charge on any atom is 0.306 e. The molecule has 0 aromatic carbocycles. The van der Waals surface area contributed by atoms with Gasteiger partial charge in [-0.15, -0.1) is 0 Å². The maximum absolute atomic E-state index is 13.2. The van der Waals surface area contributed by atoms with Crippen LogP contribution in [-0.2, 0) is 23.8 Å². The van der Waals surface area contributed by atoms with Crippen molar-refractivity contribution in [3.8, 4) is 0 Å². The molecule has 0 radical (unpaired) electrons. The summed E-state index contributed by atoms with van der Waals surface area (Å²) < 4.78 is 17.9. The van der Waals surface area contributed by atoms with Gasteiger partial charge in [0, 0.05) is 45.4 Å². The van der Waals surface area contributed by atoms with Crippen molar-refractivity contribution in [3.05, 3.63) is 35.5 Å². The highest BCUT2D eigenvalue weighted by Gasteiger charge is 2.50. The number of unbranched alkanes of at least 4 members (excludes halogenated alkanes) is 15. The van der Waals surface area contributed by atoms with E-state index in [0.717, 1.165) is 147 Å². The number of fused-ring (bicyclic) bond motifs is 1. The Morgan fingerprint density at radius 3 is 2.00 bits per heavy atom. The van der Waals surface area contributed by atoms with Crippen LogP contribution in [0, 0.1) is 29.1 Å². The van der Waals surface area contributed by atoms with Crippen LogP contribution in [0.3, 0.4) is 0 Å². The Bertz CT molecular complexity index is 1470. The van der Waals surface area contributed by atoms with E-state index >= 15 is 0 Å². The minimum atomic E-state index is -0.0372. The summed E-state index contributed by atoms with van der Waals surface area (Å²) in [5.74, 6) is 3.17. The van der Waals surface area contributed by atoms with Gasteiger partial charge < -0.3 is 19.1 Å². The van der Waals surface area contributed by atoms with Crippen molar-refractivity contribution < 1.29 is 23.8 Å². The molecule has 3 saturated carbocycles. The van der Waals surface area contributed by atoms with Crippen molar-refractivity contribution in [2.45, 2.75) is 272 Å². The van der Waals surface area contributed by atoms with E-state index in [0.29, 0.717) is 24.2 Å². The quantitative estimate of drug-likeness (QED) is 0.0451. The Morgan fingerprint density at radius 1 is 0.714 bits per heavy atom. The van der Waals surface area contributed by atoms with Crippen LogP contribution in [0.5, 0.6) is 0 Å². The summed E-state index contributed by atoms with van der Waals surface area (Å²) in [6.07, 6.45) is 44.1. The third-order valence-corrected chi connectivity index (χ3v) is 17.5. The van der Waals surface area contributed by atoms with Gasteiger partial charge in [-0.25, -0.2) is 0 Å². The van der Waals surface area contributed by atoms with Crippen molar-refractivity contribution in [2.75, 3.05) is 52.5 Å². The normalized spacial score (nSPS) is 23.8. The van der Waals surface area contributed by atoms with Crippen LogP contribution >= 0.6 is 0 Å². The molecule has 4 rings (SSSR count). The summed E-state index contributed by atoms with van der Waals surface area (Å²) in [6, 6.07) is 0. The van der Waals surface area contributed by atoms with Crippen molar-refractivity contribution in [1.29, 1.82) is 0 Å². The standard InChI is InChI=1S/C63H112N2O5/c1-8-10-12-14-16-21-32-57(33-22-17-15-13-11-9-2)69-61(66)34-23-18-19-25-43-64(45-46-65-47-49-68-50-48-65)44-26-20-24-35-62(67)70-58-39-36-53(5)56(51-58)38-37-55-31-28-42-63(7)59(40-41-60(55)63)54(6)30-27-29-52(3)4/h37-38,52,54,57-60H,5,8-36,39-51H2,1-4,6-7H3/b55-37+,56-38-. The number of carbonyl (C=O) groups excluding carboxylic acids is 2. The molecule has 5 unspecified atom stereocenters. The molecule has 4 aliphatic rings. The molecule has 0 N–H and O–H groups in total. The molecule has 70 heavy (non-hydrogen) atoms. The lowest BCUT2D eigenvalue weighted by molar-refractivity contribution is -0.150. The Labute approximate surface area is 432 Å². The van der Waals surface area contributed by atoms with E-state index in [9.17, 15) is 9.59 Å². The van der Waals surface area contributed by atoms with Crippen LogP contribution in [0.4, 0.5) is 0 Å². The van der Waals surface area contributed by atoms with Gasteiger partial charge in [-0.05, 0) is 144 Å². The lowest BCUT2D eigenvalue weighted by atomic mass is 9.60. The number of hydrogen-bond acceptors (Lipinski definition) is 7. The molecule has 1 saturated heterocycles. The highest BCUT2D eigenvalue weighted by atomic mass is 16.5. The second-order valence-corrected chi connectivity index (χ2v) is 23.8. The summed E-state index contributed by atoms with van der Waals surface area (Å²) in [5, 5.41) is 0. The van der Waals surface area contributed by atoms with E-state index in [4.69, 9.17) is 14.2 Å². The van der Waals surface area contributed by atoms with Gasteiger partial charge in [0.1, 0.15) is 12.2 Å². The number of allylic oxidation sites excluding steroid dienone is 4. The lowest BCUT2D eigenvalue weighted by Crippen LogP contribution is -2.41. The third kappa shape index (κ3) is 23.9. The monoisotopic (exact) mass is 977 g/mol. The minimum absolute atomic E-state index is 0.0221. The Kier molecular flexibility index (Phi) is 31.2. The van der Waals surface area contributed by atoms with Crippen molar-refractivity contribution in [2.24, 2.45) is 29.1 Å². The molecular formula is C63H112N2O5. The maximum atomic E-state index is 13.2. The summed E-state index contributed by atoms with van der Waals surface area (Å²) in [7, 11) is 0. The molecule has 0 aromatic heterocycles. The molecule has 7 heteroatoms. The molecule has 4 fully saturated rings. The Hall–Kier alpha value is -1.96. The van der Waals surface area contributed by atoms with Gasteiger partial charge in [-0.2, -0.15) is 0 Å². The summed E-state index contributed by atoms with van der Waals surface area (Å²) in [5.41, 5.74) is 4.62. The van der Waals surface area contributed by atoms with Gasteiger partial charge >= 0.3 is 11.9 Å². The minimum Gasteiger partial charge on any atom is -0.462 e. The molecule has 0 amide bonds. The molecule has 7 nitrogen and oxygen atoms in total. The van der Waals surface area contributed by atoms with E-state index in [1.807, 2.05) is 0 Å². The van der Waals surface area contributed by atoms with Crippen LogP contribution in [0.1, 0.15) is 260 Å². The average Bonchev–Trinajstić information content (AvgIpc) is 3.71. The van der Waals surface area contributed by atoms with Crippen LogP contribution < -0.4 is 0 Å². The molecule has 3 aliphatic carbocycles. The number of ether oxygens (including phenoxy) is 3. The average molecular weight is 978 g/mol. The number of nitrogens with zero attached hydrogens (tertiary/aromatic N) is 2. The van der Waals surface area contributed by atoms with Crippen molar-refractivity contribution in [3.63, 3.8) is 0 Å². The third-order valence-electron chi connectivity index (χ3n) is 17.5. The van der Waals surface area contributed by atoms with E-state index in [-0.39, 0.29) is 24.1 Å². The predicted octanol–water partition coefficient (Wildman–Crippen LogP) is 16.7. The van der Waals surface area contributed by atoms with Gasteiger partial charge in [0.15, 0.2) is 0 Å². The highest BCUT2D eigenvalue weighted by Crippen LogP contribution is 2.60. The van der Waals surface area contributed by atoms with E-state index in [1.54, 1.807) is 5.57 Å². The SMILES string of the molecule is C=C1CCC(OC(=O)CCCCCN(CCCCCCC(=O)OC(CCCCCCCC)CCCCCCCC)CCN2CCOCC2)C/C1=C/C=C1\CCCC2(C)C1CCC2C(C)CCCC(C)C. The largest absolute Gasteiger partial charge is 0.462 e. The molecule has 1 heterocycles. The number of rotatable bonds is 38. The molecule has 0 bridgehead atoms.